The molecule has 0 bridgehead atoms. The maximum atomic E-state index is 4.66. The van der Waals surface area contributed by atoms with Crippen LogP contribution in [-0.4, -0.2) is 51.7 Å². The molecule has 0 amide bonds. The second-order valence-electron chi connectivity index (χ2n) is 6.25. The van der Waals surface area contributed by atoms with E-state index < -0.39 is 0 Å². The van der Waals surface area contributed by atoms with Crippen molar-refractivity contribution in [2.45, 2.75) is 37.4 Å². The van der Waals surface area contributed by atoms with E-state index in [1.165, 1.54) is 0 Å². The summed E-state index contributed by atoms with van der Waals surface area (Å²) in [5.74, 6) is 1.86. The second-order valence-corrected chi connectivity index (χ2v) is 6.25. The molecule has 4 rings (SSSR count). The van der Waals surface area contributed by atoms with Crippen LogP contribution in [0.15, 0.2) is 52.2 Å². The van der Waals surface area contributed by atoms with E-state index >= 15 is 0 Å². The first-order valence-electron chi connectivity index (χ1n) is 8.76. The van der Waals surface area contributed by atoms with Gasteiger partial charge in [0.25, 0.3) is 0 Å². The largest absolute Gasteiger partial charge is 0.442 e. The summed E-state index contributed by atoms with van der Waals surface area (Å²) >= 11 is 0. The van der Waals surface area contributed by atoms with E-state index in [9.17, 15) is 0 Å². The Morgan fingerprint density at radius 1 is 0.630 bits per heavy atom. The number of aliphatic imine (C=N–C) groups is 3. The lowest BCUT2D eigenvalue weighted by Gasteiger charge is -2.29. The summed E-state index contributed by atoms with van der Waals surface area (Å²) in [5.41, 5.74) is 0. The van der Waals surface area contributed by atoms with Gasteiger partial charge in [-0.2, -0.15) is 0 Å². The first kappa shape index (κ1) is 17.1. The molecule has 3 aromatic heterocycles. The number of hydrogen-bond acceptors (Lipinski definition) is 6. The molecule has 0 atom stereocenters. The highest BCUT2D eigenvalue weighted by Gasteiger charge is 2.27. The molecule has 3 heterocycles. The van der Waals surface area contributed by atoms with Crippen LogP contribution in [0.5, 0.6) is 0 Å². The van der Waals surface area contributed by atoms with E-state index in [2.05, 4.69) is 44.9 Å². The van der Waals surface area contributed by atoms with Crippen molar-refractivity contribution < 1.29 is 0 Å². The quantitative estimate of drug-likeness (QED) is 0.597. The predicted molar refractivity (Wildman–Crippen MR) is 101 cm³/mol. The summed E-state index contributed by atoms with van der Waals surface area (Å²) < 4.78 is 0. The van der Waals surface area contributed by atoms with Gasteiger partial charge in [-0.15, -0.1) is 0 Å². The molecule has 1 fully saturated rings. The van der Waals surface area contributed by atoms with E-state index in [-0.39, 0.29) is 18.1 Å². The lowest BCUT2D eigenvalue weighted by molar-refractivity contribution is 0.357. The molecule has 0 radical (unpaired) electrons. The van der Waals surface area contributed by atoms with Crippen LogP contribution in [0, 0.1) is 0 Å². The molecule has 0 aromatic carbocycles. The predicted octanol–water partition coefficient (Wildman–Crippen LogP) is 0.690. The molecular formula is C18H18N9-3. The molecule has 0 saturated heterocycles. The minimum absolute atomic E-state index is 0.0997. The molecule has 9 nitrogen and oxygen atoms in total. The average molecular weight is 360 g/mol. The summed E-state index contributed by atoms with van der Waals surface area (Å²) in [7, 11) is 0. The van der Waals surface area contributed by atoms with Gasteiger partial charge in [0.2, 0.25) is 0 Å². The van der Waals surface area contributed by atoms with Gasteiger partial charge < -0.3 is 29.9 Å². The smallest absolute Gasteiger partial charge is 0.0540 e. The third kappa shape index (κ3) is 4.84. The molecule has 0 N–H and O–H groups in total. The van der Waals surface area contributed by atoms with E-state index in [0.717, 1.165) is 19.3 Å². The highest BCUT2D eigenvalue weighted by molar-refractivity contribution is 5.75. The summed E-state index contributed by atoms with van der Waals surface area (Å²) in [6.07, 6.45) is 17.6. The molecule has 138 valence electrons. The van der Waals surface area contributed by atoms with Crippen molar-refractivity contribution in [2.75, 3.05) is 0 Å². The Hall–Kier alpha value is -3.36. The summed E-state index contributed by atoms with van der Waals surface area (Å²) in [6.45, 7) is 0. The van der Waals surface area contributed by atoms with Gasteiger partial charge in [-0.3, -0.25) is 15.0 Å². The fourth-order valence-electron chi connectivity index (χ4n) is 3.07. The van der Waals surface area contributed by atoms with Gasteiger partial charge in [-0.25, -0.2) is 0 Å². The zero-order chi connectivity index (χ0) is 18.3. The van der Waals surface area contributed by atoms with E-state index in [1.54, 1.807) is 55.8 Å². The molecule has 1 saturated carbocycles. The van der Waals surface area contributed by atoms with Crippen LogP contribution in [0.3, 0.4) is 0 Å². The van der Waals surface area contributed by atoms with Crippen LogP contribution >= 0.6 is 0 Å². The molecular weight excluding hydrogens is 342 g/mol. The van der Waals surface area contributed by atoms with Crippen molar-refractivity contribution in [1.29, 1.82) is 0 Å². The summed E-state index contributed by atoms with van der Waals surface area (Å²) in [5, 5.41) is 0. The van der Waals surface area contributed by atoms with Gasteiger partial charge in [-0.05, 0) is 36.7 Å². The van der Waals surface area contributed by atoms with Crippen LogP contribution in [0.25, 0.3) is 0 Å². The molecule has 3 aromatic rings. The number of rotatable bonds is 6. The highest BCUT2D eigenvalue weighted by atomic mass is 15.0. The van der Waals surface area contributed by atoms with E-state index in [4.69, 9.17) is 0 Å². The Morgan fingerprint density at radius 3 is 1.22 bits per heavy atom. The topological polar surface area (TPSA) is 118 Å². The third-order valence-electron chi connectivity index (χ3n) is 4.28. The molecule has 0 spiro atoms. The lowest BCUT2D eigenvalue weighted by atomic mass is 9.88. The Balaban J connectivity index is 1.46. The normalized spacial score (nSPS) is 23.8. The molecule has 9 heteroatoms. The van der Waals surface area contributed by atoms with Crippen LogP contribution in [-0.2, 0) is 0 Å². The van der Waals surface area contributed by atoms with Gasteiger partial charge in [0.05, 0.1) is 18.1 Å². The van der Waals surface area contributed by atoms with Gasteiger partial charge >= 0.3 is 0 Å². The van der Waals surface area contributed by atoms with Gasteiger partial charge in [0.1, 0.15) is 0 Å². The SMILES string of the molecule is C(=NC1CC(N=Cc2ncc[n-]2)CC(N=Cc2ncc[n-]2)C1)c1ncc[n-]1. The Bertz CT molecular complexity index is 750. The van der Waals surface area contributed by atoms with Crippen molar-refractivity contribution in [3.63, 3.8) is 0 Å². The third-order valence-corrected chi connectivity index (χ3v) is 4.28. The Kier molecular flexibility index (Phi) is 5.28. The Labute approximate surface area is 156 Å². The minimum atomic E-state index is 0.0997. The van der Waals surface area contributed by atoms with Crippen LogP contribution < -0.4 is 15.0 Å². The van der Waals surface area contributed by atoms with Gasteiger partial charge in [0, 0.05) is 18.6 Å². The fraction of sp³-hybridized carbons (Fsp3) is 0.333. The molecule has 0 unspecified atom stereocenters. The first-order chi connectivity index (χ1) is 13.3. The van der Waals surface area contributed by atoms with Gasteiger partial charge in [0.15, 0.2) is 0 Å². The monoisotopic (exact) mass is 360 g/mol. The number of nitrogens with zero attached hydrogens (tertiary/aromatic N) is 9. The van der Waals surface area contributed by atoms with Crippen LogP contribution in [0.1, 0.15) is 36.7 Å². The van der Waals surface area contributed by atoms with Crippen molar-refractivity contribution in [3.05, 3.63) is 54.7 Å². The zero-order valence-corrected chi connectivity index (χ0v) is 14.6. The highest BCUT2D eigenvalue weighted by Crippen LogP contribution is 2.26. The molecule has 1 aliphatic rings. The maximum absolute atomic E-state index is 4.66. The number of imidazole rings is 3. The average Bonchev–Trinajstić information content (AvgIpc) is 3.46. The first-order valence-corrected chi connectivity index (χ1v) is 8.76. The summed E-state index contributed by atoms with van der Waals surface area (Å²) in [4.78, 5) is 38.7. The number of aromatic nitrogens is 6. The van der Waals surface area contributed by atoms with E-state index in [1.807, 2.05) is 0 Å². The van der Waals surface area contributed by atoms with Crippen molar-refractivity contribution in [2.24, 2.45) is 15.0 Å². The van der Waals surface area contributed by atoms with Crippen molar-refractivity contribution >= 4 is 18.6 Å². The fourth-order valence-corrected chi connectivity index (χ4v) is 3.07. The maximum Gasteiger partial charge on any atom is 0.0540 e. The standard InChI is InChI=1S/C18H18N9/c1-2-20-16(19-1)10-25-13-7-14(26-11-17-21-3-4-22-17)9-15(8-13)27-12-18-23-5-6-24-18/h1-6,10-15H,7-9H2/q-3. The summed E-state index contributed by atoms with van der Waals surface area (Å²) in [6, 6.07) is 0.299. The van der Waals surface area contributed by atoms with Crippen molar-refractivity contribution in [1.82, 2.24) is 29.9 Å². The molecule has 0 aliphatic heterocycles. The second kappa shape index (κ2) is 8.35. The zero-order valence-electron chi connectivity index (χ0n) is 14.6. The molecule has 27 heavy (non-hydrogen) atoms. The molecule has 1 aliphatic carbocycles. The van der Waals surface area contributed by atoms with Crippen LogP contribution in [0.2, 0.25) is 0 Å². The number of hydrogen-bond donors (Lipinski definition) is 0. The van der Waals surface area contributed by atoms with E-state index in [0.29, 0.717) is 17.5 Å². The van der Waals surface area contributed by atoms with Gasteiger partial charge in [-0.1, -0.05) is 37.2 Å². The Morgan fingerprint density at radius 2 is 0.963 bits per heavy atom. The van der Waals surface area contributed by atoms with Crippen LogP contribution in [0.4, 0.5) is 0 Å². The van der Waals surface area contributed by atoms with Crippen molar-refractivity contribution in [3.8, 4) is 0 Å². The minimum Gasteiger partial charge on any atom is -0.442 e. The lowest BCUT2D eigenvalue weighted by Crippen LogP contribution is -2.30.